The molecule has 8 aliphatic rings. The van der Waals surface area contributed by atoms with Gasteiger partial charge in [-0.1, -0.05) is 0 Å². The summed E-state index contributed by atoms with van der Waals surface area (Å²) in [5.41, 5.74) is -0.912. The first kappa shape index (κ1) is 58.7. The van der Waals surface area contributed by atoms with Gasteiger partial charge in [0.15, 0.2) is 48.3 Å². The van der Waals surface area contributed by atoms with Gasteiger partial charge in [0.05, 0.1) is 30.6 Å². The van der Waals surface area contributed by atoms with E-state index in [1.54, 1.807) is 76.2 Å². The fraction of sp³-hybridized carbons (Fsp3) is 0.898. The molecule has 0 aromatic heterocycles. The van der Waals surface area contributed by atoms with Gasteiger partial charge in [-0.15, -0.1) is 0 Å². The average molecular weight is 1090 g/mol. The Morgan fingerprint density at radius 3 is 0.921 bits per heavy atom. The molecule has 0 radical (unpaired) electrons. The lowest BCUT2D eigenvalue weighted by atomic mass is 9.96. The minimum absolute atomic E-state index is 0.445. The number of carboxylic acid groups (broad SMARTS) is 1. The van der Waals surface area contributed by atoms with Gasteiger partial charge in [-0.05, 0) is 76.2 Å². The summed E-state index contributed by atoms with van der Waals surface area (Å²) in [6.07, 6.45) is -17.3. The summed E-state index contributed by atoms with van der Waals surface area (Å²) in [4.78, 5) is 69.6. The molecule has 0 aromatic rings. The quantitative estimate of drug-likeness (QED) is 0.111. The zero-order valence-corrected chi connectivity index (χ0v) is 45.8. The number of carbonyl (C=O) groups excluding carboxylic acids is 4. The summed E-state index contributed by atoms with van der Waals surface area (Å²) in [5, 5.41) is 21.5. The number of hydrogen-bond acceptors (Lipinski definition) is 22. The Kier molecular flexibility index (Phi) is 17.1. The molecule has 0 aliphatic carbocycles. The highest BCUT2D eigenvalue weighted by atomic mass is 16.9. The summed E-state index contributed by atoms with van der Waals surface area (Å²) in [7, 11) is 5.71. The third-order valence-corrected chi connectivity index (χ3v) is 14.1. The zero-order chi connectivity index (χ0) is 55.6. The highest BCUT2D eigenvalue weighted by Crippen LogP contribution is 2.44. The van der Waals surface area contributed by atoms with Crippen LogP contribution in [-0.4, -0.2) is 215 Å². The third kappa shape index (κ3) is 13.1. The maximum Gasteiger partial charge on any atom is 0.407 e. The Morgan fingerprint density at radius 2 is 0.684 bits per heavy atom. The highest BCUT2D eigenvalue weighted by Gasteiger charge is 2.62. The van der Waals surface area contributed by atoms with E-state index in [1.165, 1.54) is 28.4 Å². The first-order valence-corrected chi connectivity index (χ1v) is 25.7. The normalized spacial score (nSPS) is 38.8. The van der Waals surface area contributed by atoms with E-state index in [9.17, 15) is 29.1 Å². The van der Waals surface area contributed by atoms with Gasteiger partial charge in [-0.25, -0.2) is 4.79 Å². The second-order valence-corrected chi connectivity index (χ2v) is 23.1. The molecular formula is C49H78N4O23. The lowest BCUT2D eigenvalue weighted by molar-refractivity contribution is -0.221. The Balaban J connectivity index is 1.05. The fourth-order valence-electron chi connectivity index (χ4n) is 11.4. The van der Waals surface area contributed by atoms with E-state index in [2.05, 4.69) is 21.3 Å². The summed E-state index contributed by atoms with van der Waals surface area (Å²) in [6, 6.07) is -4.71. The molecule has 0 saturated carbocycles. The van der Waals surface area contributed by atoms with Crippen LogP contribution in [0.3, 0.4) is 0 Å². The predicted molar refractivity (Wildman–Crippen MR) is 253 cm³/mol. The number of fused-ring (bicyclic) bond motifs is 4. The van der Waals surface area contributed by atoms with Crippen molar-refractivity contribution in [3.63, 3.8) is 0 Å². The van der Waals surface area contributed by atoms with Crippen molar-refractivity contribution in [3.05, 3.63) is 0 Å². The van der Waals surface area contributed by atoms with Crippen LogP contribution in [-0.2, 0) is 99.7 Å². The Bertz CT molecular complexity index is 2120. The van der Waals surface area contributed by atoms with Crippen molar-refractivity contribution in [3.8, 4) is 0 Å². The Morgan fingerprint density at radius 1 is 0.434 bits per heavy atom. The molecular weight excluding hydrogens is 1010 g/mol. The molecule has 8 fully saturated rings. The molecule has 27 heteroatoms. The standard InChI is InChI=1S/C49H78N4O23/c1-45(2,3)76-44(59)53-22(30-34(62-14)38-42(66-30)74-48(8,9)70-38)18-26(56)51-20(28-32(60-12)36-40(64-28)72-46(4,5)68-36)16-24(54)50-21(29-33(61-13)37-41(65-29)73-47(6,7)69-37)17-25(55)52-23(19-27(57)58)31-35(63-15)39-43(67-31)75-49(10,11)71-39/h20-23,28-43H,16-19H2,1-15H3,(H,50,54)(H,51,56)(H,52,55)(H,53,59)(H,57,58)/t20-,21-,22-,23-,28+,29+,30+,31+,32-,33-,34?,35-,36+,37+,38+,39+,40+,41+,42+,43+/m0/s1. The number of carbonyl (C=O) groups is 5. The monoisotopic (exact) mass is 1090 g/mol. The van der Waals surface area contributed by atoms with Gasteiger partial charge >= 0.3 is 12.1 Å². The van der Waals surface area contributed by atoms with Crippen LogP contribution in [0.1, 0.15) is 102 Å². The highest BCUT2D eigenvalue weighted by molar-refractivity contribution is 5.83. The molecule has 8 rings (SSSR count). The summed E-state index contributed by atoms with van der Waals surface area (Å²) in [5.74, 6) is -7.48. The van der Waals surface area contributed by atoms with Crippen molar-refractivity contribution in [2.24, 2.45) is 0 Å². The molecule has 0 bridgehead atoms. The predicted octanol–water partition coefficient (Wildman–Crippen LogP) is 0.545. The van der Waals surface area contributed by atoms with Crippen molar-refractivity contribution < 1.29 is 110 Å². The van der Waals surface area contributed by atoms with Crippen molar-refractivity contribution in [1.29, 1.82) is 0 Å². The molecule has 76 heavy (non-hydrogen) atoms. The minimum Gasteiger partial charge on any atom is -0.481 e. The smallest absolute Gasteiger partial charge is 0.407 e. The fourth-order valence-corrected chi connectivity index (χ4v) is 11.4. The van der Waals surface area contributed by atoms with Gasteiger partial charge in [0, 0.05) is 47.7 Å². The molecule has 20 atom stereocenters. The van der Waals surface area contributed by atoms with E-state index in [0.717, 1.165) is 0 Å². The van der Waals surface area contributed by atoms with Gasteiger partial charge in [-0.2, -0.15) is 0 Å². The lowest BCUT2D eigenvalue weighted by Gasteiger charge is -2.34. The Hall–Kier alpha value is -3.49. The molecule has 8 heterocycles. The van der Waals surface area contributed by atoms with E-state index < -0.39 is 207 Å². The van der Waals surface area contributed by atoms with Crippen molar-refractivity contribution in [1.82, 2.24) is 21.3 Å². The van der Waals surface area contributed by atoms with E-state index >= 15 is 0 Å². The van der Waals surface area contributed by atoms with E-state index in [-0.39, 0.29) is 0 Å². The average Bonchev–Trinajstić information content (AvgIpc) is 4.15. The number of ether oxygens (including phenoxy) is 17. The number of methoxy groups -OCH3 is 4. The SMILES string of the molecule is COC1[C@H]2OC(C)(C)O[C@H]2O[C@@H]1[C@H](CC(=O)N[C@@H](CC(=O)N[C@@H](CC(=O)N[C@@H](CC(=O)O)[C@H]1O[C@@H]2OC(C)(C)O[C@@H]2[C@H]1OC)[C@H]1O[C@@H]2OC(C)(C)O[C@@H]2[C@H]1OC)[C@H]1O[C@@H]2OC(C)(C)O[C@@H]2[C@H]1OC)NC(=O)OC(C)(C)C. The molecule has 4 amide bonds. The van der Waals surface area contributed by atoms with Gasteiger partial charge < -0.3 is 107 Å². The van der Waals surface area contributed by atoms with Crippen LogP contribution in [0.25, 0.3) is 0 Å². The lowest BCUT2D eigenvalue weighted by Crippen LogP contribution is -2.57. The maximum absolute atomic E-state index is 14.8. The molecule has 8 aliphatic heterocycles. The van der Waals surface area contributed by atoms with E-state index in [4.69, 9.17) is 80.5 Å². The molecule has 0 spiro atoms. The topological polar surface area (TPSA) is 311 Å². The number of hydrogen-bond donors (Lipinski definition) is 5. The van der Waals surface area contributed by atoms with Gasteiger partial charge in [0.1, 0.15) is 78.8 Å². The molecule has 0 aromatic carbocycles. The first-order chi connectivity index (χ1) is 35.4. The van der Waals surface area contributed by atoms with Crippen molar-refractivity contribution >= 4 is 29.8 Å². The van der Waals surface area contributed by atoms with Crippen LogP contribution in [0.15, 0.2) is 0 Å². The number of nitrogens with one attached hydrogen (secondary N) is 4. The van der Waals surface area contributed by atoms with Crippen LogP contribution >= 0.6 is 0 Å². The molecule has 432 valence electrons. The number of alkyl carbamates (subject to hydrolysis) is 1. The number of carboxylic acids is 1. The van der Waals surface area contributed by atoms with E-state index in [0.29, 0.717) is 0 Å². The minimum atomic E-state index is -1.24. The van der Waals surface area contributed by atoms with Crippen molar-refractivity contribution in [2.75, 3.05) is 28.4 Å². The maximum atomic E-state index is 14.8. The second kappa shape index (κ2) is 22.2. The largest absolute Gasteiger partial charge is 0.481 e. The molecule has 1 unspecified atom stereocenters. The van der Waals surface area contributed by atoms with E-state index in [1.807, 2.05) is 0 Å². The van der Waals surface area contributed by atoms with Crippen LogP contribution in [0.4, 0.5) is 4.79 Å². The van der Waals surface area contributed by atoms with Crippen LogP contribution in [0.2, 0.25) is 0 Å². The number of rotatable bonds is 20. The number of aliphatic carboxylic acids is 1. The van der Waals surface area contributed by atoms with Gasteiger partial charge in [0.2, 0.25) is 17.7 Å². The van der Waals surface area contributed by atoms with Gasteiger partial charge in [-0.3, -0.25) is 19.2 Å². The van der Waals surface area contributed by atoms with Gasteiger partial charge in [0.25, 0.3) is 0 Å². The summed E-state index contributed by atoms with van der Waals surface area (Å²) >= 11 is 0. The van der Waals surface area contributed by atoms with Crippen molar-refractivity contribution in [2.45, 2.75) is 253 Å². The molecule has 27 nitrogen and oxygen atoms in total. The molecule has 8 saturated heterocycles. The second-order valence-electron chi connectivity index (χ2n) is 23.1. The third-order valence-electron chi connectivity index (χ3n) is 14.1. The van der Waals surface area contributed by atoms with Crippen LogP contribution < -0.4 is 21.3 Å². The number of amides is 4. The van der Waals surface area contributed by atoms with Crippen LogP contribution in [0.5, 0.6) is 0 Å². The van der Waals surface area contributed by atoms with Crippen LogP contribution in [0, 0.1) is 0 Å². The Labute approximate surface area is 441 Å². The summed E-state index contributed by atoms with van der Waals surface area (Å²) < 4.78 is 103. The molecule has 5 N–H and O–H groups in total. The first-order valence-electron chi connectivity index (χ1n) is 25.7. The summed E-state index contributed by atoms with van der Waals surface area (Å²) in [6.45, 7) is 18.7. The zero-order valence-electron chi connectivity index (χ0n) is 45.8.